The van der Waals surface area contributed by atoms with Crippen molar-refractivity contribution in [1.82, 2.24) is 4.98 Å². The zero-order chi connectivity index (χ0) is 11.6. The molecule has 0 aromatic carbocycles. The first kappa shape index (κ1) is 11.8. The molecule has 0 radical (unpaired) electrons. The minimum atomic E-state index is -0.543. The number of pyridine rings is 1. The Morgan fingerprint density at radius 3 is 2.53 bits per heavy atom. The van der Waals surface area contributed by atoms with E-state index in [0.29, 0.717) is 0 Å². The number of ketones is 1. The average molecular weight is 209 g/mol. The summed E-state index contributed by atoms with van der Waals surface area (Å²) in [4.78, 5) is 15.6. The van der Waals surface area contributed by atoms with Crippen LogP contribution in [0.4, 0.5) is 4.39 Å². The summed E-state index contributed by atoms with van der Waals surface area (Å²) < 4.78 is 13.3. The van der Waals surface area contributed by atoms with Crippen molar-refractivity contribution in [2.24, 2.45) is 11.3 Å². The summed E-state index contributed by atoms with van der Waals surface area (Å²) in [6.45, 7) is 7.72. The van der Waals surface area contributed by atoms with Crippen LogP contribution in [-0.4, -0.2) is 10.8 Å². The molecular weight excluding hydrogens is 193 g/mol. The lowest BCUT2D eigenvalue weighted by Gasteiger charge is -2.25. The molecule has 3 heteroatoms. The molecule has 0 saturated carbocycles. The van der Waals surface area contributed by atoms with Crippen molar-refractivity contribution in [3.63, 3.8) is 0 Å². The van der Waals surface area contributed by atoms with Crippen molar-refractivity contribution in [3.8, 4) is 0 Å². The van der Waals surface area contributed by atoms with Gasteiger partial charge in [-0.2, -0.15) is 0 Å². The number of carbonyl (C=O) groups is 1. The van der Waals surface area contributed by atoms with E-state index in [2.05, 4.69) is 4.98 Å². The van der Waals surface area contributed by atoms with Gasteiger partial charge in [0.25, 0.3) is 0 Å². The Hall–Kier alpha value is -1.25. The monoisotopic (exact) mass is 209 g/mol. The van der Waals surface area contributed by atoms with Crippen molar-refractivity contribution < 1.29 is 9.18 Å². The van der Waals surface area contributed by atoms with Crippen molar-refractivity contribution in [1.29, 1.82) is 0 Å². The van der Waals surface area contributed by atoms with Gasteiger partial charge in [0.15, 0.2) is 11.6 Å². The zero-order valence-electron chi connectivity index (χ0n) is 9.54. The quantitative estimate of drug-likeness (QED) is 0.700. The SMILES string of the molecule is CC(C(=O)c1ccncc1F)C(C)(C)C. The minimum absolute atomic E-state index is 0.132. The Bertz CT molecular complexity index is 368. The topological polar surface area (TPSA) is 30.0 Å². The molecule has 0 spiro atoms. The Labute approximate surface area is 89.5 Å². The molecule has 0 aliphatic carbocycles. The molecule has 15 heavy (non-hydrogen) atoms. The van der Waals surface area contributed by atoms with Crippen LogP contribution in [0.2, 0.25) is 0 Å². The number of carbonyl (C=O) groups excluding carboxylic acids is 1. The van der Waals surface area contributed by atoms with E-state index in [1.807, 2.05) is 27.7 Å². The average Bonchev–Trinajstić information content (AvgIpc) is 2.15. The van der Waals surface area contributed by atoms with Crippen LogP contribution in [0.3, 0.4) is 0 Å². The molecule has 0 fully saturated rings. The maximum atomic E-state index is 13.3. The van der Waals surface area contributed by atoms with E-state index in [1.165, 1.54) is 12.3 Å². The molecule has 0 N–H and O–H groups in total. The molecule has 0 amide bonds. The van der Waals surface area contributed by atoms with E-state index in [1.54, 1.807) is 0 Å². The van der Waals surface area contributed by atoms with Gasteiger partial charge in [-0.05, 0) is 11.5 Å². The number of nitrogens with zero attached hydrogens (tertiary/aromatic N) is 1. The second-order valence-electron chi connectivity index (χ2n) is 4.81. The van der Waals surface area contributed by atoms with Crippen LogP contribution in [0.25, 0.3) is 0 Å². The standard InChI is InChI=1S/C12H16FNO/c1-8(12(2,3)4)11(15)9-5-6-14-7-10(9)13/h5-8H,1-4H3. The zero-order valence-corrected chi connectivity index (χ0v) is 9.54. The van der Waals surface area contributed by atoms with E-state index in [4.69, 9.17) is 0 Å². The largest absolute Gasteiger partial charge is 0.294 e. The van der Waals surface area contributed by atoms with Gasteiger partial charge in [0, 0.05) is 12.1 Å². The molecule has 1 aromatic heterocycles. The van der Waals surface area contributed by atoms with Gasteiger partial charge in [-0.15, -0.1) is 0 Å². The number of rotatable bonds is 2. The van der Waals surface area contributed by atoms with E-state index < -0.39 is 5.82 Å². The lowest BCUT2D eigenvalue weighted by atomic mass is 9.78. The number of Topliss-reactive ketones (excluding diaryl/α,β-unsaturated/α-hetero) is 1. The molecule has 0 aliphatic heterocycles. The van der Waals surface area contributed by atoms with Crippen molar-refractivity contribution in [2.75, 3.05) is 0 Å². The molecule has 1 aromatic rings. The molecule has 1 atom stereocenters. The summed E-state index contributed by atoms with van der Waals surface area (Å²) in [5.74, 6) is -0.921. The fraction of sp³-hybridized carbons (Fsp3) is 0.500. The van der Waals surface area contributed by atoms with Crippen LogP contribution in [0, 0.1) is 17.2 Å². The van der Waals surface area contributed by atoms with Crippen LogP contribution in [0.5, 0.6) is 0 Å². The van der Waals surface area contributed by atoms with E-state index in [-0.39, 0.29) is 22.7 Å². The first-order valence-corrected chi connectivity index (χ1v) is 4.97. The predicted octanol–water partition coefficient (Wildman–Crippen LogP) is 3.09. The molecule has 0 saturated heterocycles. The van der Waals surface area contributed by atoms with Crippen LogP contribution in [0.1, 0.15) is 38.1 Å². The number of hydrogen-bond donors (Lipinski definition) is 0. The fourth-order valence-corrected chi connectivity index (χ4v) is 1.20. The summed E-state index contributed by atoms with van der Waals surface area (Å²) >= 11 is 0. The Kier molecular flexibility index (Phi) is 3.22. The second-order valence-corrected chi connectivity index (χ2v) is 4.81. The van der Waals surface area contributed by atoms with Gasteiger partial charge < -0.3 is 0 Å². The fourth-order valence-electron chi connectivity index (χ4n) is 1.20. The lowest BCUT2D eigenvalue weighted by Crippen LogP contribution is -2.26. The van der Waals surface area contributed by atoms with Crippen LogP contribution in [0.15, 0.2) is 18.5 Å². The van der Waals surface area contributed by atoms with Gasteiger partial charge in [0.2, 0.25) is 0 Å². The first-order valence-electron chi connectivity index (χ1n) is 4.97. The smallest absolute Gasteiger partial charge is 0.169 e. The van der Waals surface area contributed by atoms with Gasteiger partial charge in [0.05, 0.1) is 11.8 Å². The van der Waals surface area contributed by atoms with E-state index >= 15 is 0 Å². The number of hydrogen-bond acceptors (Lipinski definition) is 2. The highest BCUT2D eigenvalue weighted by Gasteiger charge is 2.28. The third-order valence-corrected chi connectivity index (χ3v) is 2.73. The third-order valence-electron chi connectivity index (χ3n) is 2.73. The summed E-state index contributed by atoms with van der Waals surface area (Å²) in [5, 5.41) is 0. The van der Waals surface area contributed by atoms with Gasteiger partial charge in [-0.3, -0.25) is 9.78 Å². The third kappa shape index (κ3) is 2.61. The highest BCUT2D eigenvalue weighted by Crippen LogP contribution is 2.28. The van der Waals surface area contributed by atoms with Crippen molar-refractivity contribution in [3.05, 3.63) is 29.8 Å². The van der Waals surface area contributed by atoms with Gasteiger partial charge in [0.1, 0.15) is 0 Å². The normalized spacial score (nSPS) is 13.7. The minimum Gasteiger partial charge on any atom is -0.294 e. The Morgan fingerprint density at radius 2 is 2.07 bits per heavy atom. The first-order chi connectivity index (χ1) is 6.84. The Morgan fingerprint density at radius 1 is 1.47 bits per heavy atom. The highest BCUT2D eigenvalue weighted by atomic mass is 19.1. The summed E-state index contributed by atoms with van der Waals surface area (Å²) in [6, 6.07) is 1.43. The molecule has 2 nitrogen and oxygen atoms in total. The van der Waals surface area contributed by atoms with Gasteiger partial charge in [-0.1, -0.05) is 27.7 Å². The second kappa shape index (κ2) is 4.09. The highest BCUT2D eigenvalue weighted by molar-refractivity contribution is 5.98. The van der Waals surface area contributed by atoms with E-state index in [9.17, 15) is 9.18 Å². The van der Waals surface area contributed by atoms with Crippen LogP contribution in [-0.2, 0) is 0 Å². The summed E-state index contributed by atoms with van der Waals surface area (Å²) in [6.07, 6.45) is 2.51. The molecule has 0 aliphatic rings. The van der Waals surface area contributed by atoms with Gasteiger partial charge >= 0.3 is 0 Å². The number of aromatic nitrogens is 1. The molecule has 1 unspecified atom stereocenters. The molecule has 1 heterocycles. The van der Waals surface area contributed by atoms with E-state index in [0.717, 1.165) is 6.20 Å². The summed E-state index contributed by atoms with van der Waals surface area (Å²) in [5.41, 5.74) is -0.0281. The Balaban J connectivity index is 3.01. The number of halogens is 1. The maximum Gasteiger partial charge on any atom is 0.169 e. The molecular formula is C12H16FNO. The molecule has 0 bridgehead atoms. The van der Waals surface area contributed by atoms with Crippen LogP contribution >= 0.6 is 0 Å². The molecule has 82 valence electrons. The van der Waals surface area contributed by atoms with Crippen LogP contribution < -0.4 is 0 Å². The maximum absolute atomic E-state index is 13.3. The van der Waals surface area contributed by atoms with Crippen molar-refractivity contribution in [2.45, 2.75) is 27.7 Å². The molecule has 1 rings (SSSR count). The van der Waals surface area contributed by atoms with Gasteiger partial charge in [-0.25, -0.2) is 4.39 Å². The van der Waals surface area contributed by atoms with Crippen molar-refractivity contribution >= 4 is 5.78 Å². The summed E-state index contributed by atoms with van der Waals surface area (Å²) in [7, 11) is 0. The predicted molar refractivity (Wildman–Crippen MR) is 57.1 cm³/mol. The lowest BCUT2D eigenvalue weighted by molar-refractivity contribution is 0.0835.